The standard InChI is InChI=1S/C18H27N7O2S/c1-14-12-15(2)25(21-14)18-13-17(19-16(3)20-18)22-8-10-24(11-9-22)28(26,27)23-6-4-5-7-23/h12-13H,4-11H2,1-3H3. The van der Waals surface area contributed by atoms with E-state index in [2.05, 4.69) is 20.0 Å². The van der Waals surface area contributed by atoms with Crippen LogP contribution < -0.4 is 4.90 Å². The van der Waals surface area contributed by atoms with E-state index >= 15 is 0 Å². The van der Waals surface area contributed by atoms with Crippen molar-refractivity contribution in [1.29, 1.82) is 0 Å². The molecule has 0 bridgehead atoms. The molecule has 0 amide bonds. The van der Waals surface area contributed by atoms with E-state index in [0.717, 1.165) is 35.9 Å². The number of anilines is 1. The summed E-state index contributed by atoms with van der Waals surface area (Å²) in [6.45, 7) is 9.26. The Morgan fingerprint density at radius 2 is 1.43 bits per heavy atom. The molecule has 4 heterocycles. The van der Waals surface area contributed by atoms with E-state index in [-0.39, 0.29) is 0 Å². The third kappa shape index (κ3) is 3.63. The van der Waals surface area contributed by atoms with E-state index in [1.165, 1.54) is 0 Å². The molecule has 2 aliphatic heterocycles. The number of nitrogens with zero attached hydrogens (tertiary/aromatic N) is 7. The van der Waals surface area contributed by atoms with Gasteiger partial charge in [-0.3, -0.25) is 0 Å². The predicted molar refractivity (Wildman–Crippen MR) is 107 cm³/mol. The SMILES string of the molecule is Cc1cc(C)n(-c2cc(N3CCN(S(=O)(=O)N4CCCC4)CC3)nc(C)n2)n1. The quantitative estimate of drug-likeness (QED) is 0.756. The number of aryl methyl sites for hydroxylation is 3. The van der Waals surface area contributed by atoms with Gasteiger partial charge in [0, 0.05) is 51.0 Å². The average Bonchev–Trinajstić information content (AvgIpc) is 3.31. The number of hydrogen-bond acceptors (Lipinski definition) is 6. The van der Waals surface area contributed by atoms with Gasteiger partial charge in [0.2, 0.25) is 0 Å². The molecule has 9 nitrogen and oxygen atoms in total. The average molecular weight is 406 g/mol. The van der Waals surface area contributed by atoms with Gasteiger partial charge >= 0.3 is 0 Å². The van der Waals surface area contributed by atoms with Crippen LogP contribution in [0.2, 0.25) is 0 Å². The largest absolute Gasteiger partial charge is 0.354 e. The molecule has 2 aliphatic rings. The maximum atomic E-state index is 12.8. The molecule has 0 N–H and O–H groups in total. The van der Waals surface area contributed by atoms with Crippen molar-refractivity contribution in [2.24, 2.45) is 0 Å². The van der Waals surface area contributed by atoms with E-state index in [1.807, 2.05) is 37.6 Å². The highest BCUT2D eigenvalue weighted by molar-refractivity contribution is 7.86. The van der Waals surface area contributed by atoms with Crippen LogP contribution in [0.4, 0.5) is 5.82 Å². The van der Waals surface area contributed by atoms with Crippen molar-refractivity contribution >= 4 is 16.0 Å². The molecule has 0 aliphatic carbocycles. The number of aromatic nitrogens is 4. The second-order valence-electron chi connectivity index (χ2n) is 7.47. The Bertz CT molecular complexity index is 958. The molecule has 2 aromatic heterocycles. The van der Waals surface area contributed by atoms with Crippen LogP contribution in [0.3, 0.4) is 0 Å². The van der Waals surface area contributed by atoms with Crippen molar-refractivity contribution in [3.63, 3.8) is 0 Å². The van der Waals surface area contributed by atoms with Crippen molar-refractivity contribution in [2.45, 2.75) is 33.6 Å². The zero-order valence-corrected chi connectivity index (χ0v) is 17.5. The molecule has 4 rings (SSSR count). The molecular weight excluding hydrogens is 378 g/mol. The van der Waals surface area contributed by atoms with Gasteiger partial charge in [-0.05, 0) is 39.7 Å². The summed E-state index contributed by atoms with van der Waals surface area (Å²) in [7, 11) is -3.34. The van der Waals surface area contributed by atoms with Gasteiger partial charge in [-0.15, -0.1) is 0 Å². The van der Waals surface area contributed by atoms with Crippen LogP contribution in [-0.4, -0.2) is 76.0 Å². The molecule has 0 saturated carbocycles. The monoisotopic (exact) mass is 405 g/mol. The first-order valence-corrected chi connectivity index (χ1v) is 11.1. The molecule has 0 aromatic carbocycles. The zero-order chi connectivity index (χ0) is 19.9. The van der Waals surface area contributed by atoms with E-state index < -0.39 is 10.2 Å². The maximum Gasteiger partial charge on any atom is 0.282 e. The molecule has 2 aromatic rings. The minimum absolute atomic E-state index is 0.469. The van der Waals surface area contributed by atoms with Gasteiger partial charge in [-0.1, -0.05) is 0 Å². The first-order valence-electron chi connectivity index (χ1n) is 9.74. The fraction of sp³-hybridized carbons (Fsp3) is 0.611. The molecule has 0 spiro atoms. The van der Waals surface area contributed by atoms with Crippen LogP contribution in [0.25, 0.3) is 5.82 Å². The number of rotatable bonds is 4. The highest BCUT2D eigenvalue weighted by Gasteiger charge is 2.34. The van der Waals surface area contributed by atoms with Crippen LogP contribution in [0.15, 0.2) is 12.1 Å². The van der Waals surface area contributed by atoms with Gasteiger partial charge in [0.05, 0.1) is 5.69 Å². The van der Waals surface area contributed by atoms with Gasteiger partial charge in [0.1, 0.15) is 11.6 Å². The smallest absolute Gasteiger partial charge is 0.282 e. The topological polar surface area (TPSA) is 87.5 Å². The van der Waals surface area contributed by atoms with Gasteiger partial charge in [-0.2, -0.15) is 22.1 Å². The fourth-order valence-corrected chi connectivity index (χ4v) is 5.57. The van der Waals surface area contributed by atoms with Crippen LogP contribution in [0.1, 0.15) is 30.1 Å². The molecular formula is C18H27N7O2S. The second-order valence-corrected chi connectivity index (χ2v) is 9.40. The summed E-state index contributed by atoms with van der Waals surface area (Å²) in [5.41, 5.74) is 1.96. The molecule has 28 heavy (non-hydrogen) atoms. The van der Waals surface area contributed by atoms with Crippen LogP contribution >= 0.6 is 0 Å². The first-order chi connectivity index (χ1) is 13.3. The maximum absolute atomic E-state index is 12.8. The normalized spacial score (nSPS) is 19.5. The molecule has 2 fully saturated rings. The van der Waals surface area contributed by atoms with Gasteiger partial charge < -0.3 is 4.90 Å². The molecule has 0 atom stereocenters. The zero-order valence-electron chi connectivity index (χ0n) is 16.7. The number of piperazine rings is 1. The van der Waals surface area contributed by atoms with Crippen molar-refractivity contribution in [2.75, 3.05) is 44.2 Å². The summed E-state index contributed by atoms with van der Waals surface area (Å²) in [4.78, 5) is 11.2. The van der Waals surface area contributed by atoms with E-state index in [9.17, 15) is 8.42 Å². The Hall–Kier alpha value is -2.04. The summed E-state index contributed by atoms with van der Waals surface area (Å²) in [5, 5.41) is 4.51. The van der Waals surface area contributed by atoms with Crippen LogP contribution in [0, 0.1) is 20.8 Å². The molecule has 0 unspecified atom stereocenters. The highest BCUT2D eigenvalue weighted by Crippen LogP contribution is 2.22. The van der Waals surface area contributed by atoms with Crippen molar-refractivity contribution in [1.82, 2.24) is 28.4 Å². The molecule has 2 saturated heterocycles. The Morgan fingerprint density at radius 1 is 0.821 bits per heavy atom. The van der Waals surface area contributed by atoms with Crippen LogP contribution in [0.5, 0.6) is 0 Å². The number of hydrogen-bond donors (Lipinski definition) is 0. The lowest BCUT2D eigenvalue weighted by Crippen LogP contribution is -2.52. The van der Waals surface area contributed by atoms with Gasteiger partial charge in [0.15, 0.2) is 5.82 Å². The molecule has 152 valence electrons. The van der Waals surface area contributed by atoms with Crippen molar-refractivity contribution in [3.05, 3.63) is 29.3 Å². The van der Waals surface area contributed by atoms with E-state index in [4.69, 9.17) is 0 Å². The van der Waals surface area contributed by atoms with Gasteiger partial charge in [-0.25, -0.2) is 14.6 Å². The Balaban J connectivity index is 1.51. The van der Waals surface area contributed by atoms with E-state index in [0.29, 0.717) is 45.1 Å². The van der Waals surface area contributed by atoms with Crippen molar-refractivity contribution < 1.29 is 8.42 Å². The molecule has 10 heteroatoms. The predicted octanol–water partition coefficient (Wildman–Crippen LogP) is 1.05. The summed E-state index contributed by atoms with van der Waals surface area (Å²) in [5.74, 6) is 2.22. The summed E-state index contributed by atoms with van der Waals surface area (Å²) in [6, 6.07) is 3.94. The Morgan fingerprint density at radius 3 is 2.04 bits per heavy atom. The summed E-state index contributed by atoms with van der Waals surface area (Å²) in [6.07, 6.45) is 1.91. The highest BCUT2D eigenvalue weighted by atomic mass is 32.2. The lowest BCUT2D eigenvalue weighted by Gasteiger charge is -2.36. The fourth-order valence-electron chi connectivity index (χ4n) is 3.90. The minimum Gasteiger partial charge on any atom is -0.354 e. The Labute approximate surface area is 166 Å². The lowest BCUT2D eigenvalue weighted by atomic mass is 10.3. The Kier molecular flexibility index (Phi) is 5.11. The van der Waals surface area contributed by atoms with E-state index in [1.54, 1.807) is 8.61 Å². The van der Waals surface area contributed by atoms with Crippen molar-refractivity contribution in [3.8, 4) is 5.82 Å². The minimum atomic E-state index is -3.34. The first kappa shape index (κ1) is 19.3. The summed E-state index contributed by atoms with van der Waals surface area (Å²) < 4.78 is 30.6. The molecule has 0 radical (unpaired) electrons. The third-order valence-electron chi connectivity index (χ3n) is 5.32. The third-order valence-corrected chi connectivity index (χ3v) is 7.35. The van der Waals surface area contributed by atoms with Gasteiger partial charge in [0.25, 0.3) is 10.2 Å². The lowest BCUT2D eigenvalue weighted by molar-refractivity contribution is 0.343. The van der Waals surface area contributed by atoms with Crippen LogP contribution in [-0.2, 0) is 10.2 Å². The summed E-state index contributed by atoms with van der Waals surface area (Å²) >= 11 is 0. The second kappa shape index (κ2) is 7.41.